The highest BCUT2D eigenvalue weighted by atomic mass is 16.4. The summed E-state index contributed by atoms with van der Waals surface area (Å²) >= 11 is 0. The number of carboxylic acid groups (broad SMARTS) is 2. The molecule has 0 aliphatic carbocycles. The van der Waals surface area contributed by atoms with E-state index in [-0.39, 0.29) is 17.7 Å². The summed E-state index contributed by atoms with van der Waals surface area (Å²) in [6, 6.07) is 3.87. The van der Waals surface area contributed by atoms with Gasteiger partial charge in [0.05, 0.1) is 11.1 Å². The Kier molecular flexibility index (Phi) is 5.13. The van der Waals surface area contributed by atoms with Crippen LogP contribution in [0, 0.1) is 0 Å². The second-order valence-corrected chi connectivity index (χ2v) is 3.56. The van der Waals surface area contributed by atoms with Crippen LogP contribution in [-0.2, 0) is 0 Å². The first-order valence-electron chi connectivity index (χ1n) is 5.34. The quantitative estimate of drug-likeness (QED) is 0.353. The SMILES string of the molecule is [N-]=[N+]=NCCC=Cc1ccc(C(=O)O)cc1C(=O)O. The van der Waals surface area contributed by atoms with E-state index in [0.29, 0.717) is 12.0 Å². The summed E-state index contributed by atoms with van der Waals surface area (Å²) in [4.78, 5) is 24.4. The molecule has 98 valence electrons. The topological polar surface area (TPSA) is 123 Å². The Hall–Kier alpha value is -2.79. The molecule has 0 atom stereocenters. The van der Waals surface area contributed by atoms with Crippen LogP contribution in [0.3, 0.4) is 0 Å². The molecule has 0 unspecified atom stereocenters. The molecule has 0 aliphatic heterocycles. The van der Waals surface area contributed by atoms with Crippen molar-refractivity contribution in [3.63, 3.8) is 0 Å². The molecule has 19 heavy (non-hydrogen) atoms. The zero-order chi connectivity index (χ0) is 14.3. The van der Waals surface area contributed by atoms with E-state index in [1.165, 1.54) is 12.1 Å². The normalized spacial score (nSPS) is 10.1. The number of hydrogen-bond acceptors (Lipinski definition) is 3. The molecular weight excluding hydrogens is 250 g/mol. The van der Waals surface area contributed by atoms with Crippen LogP contribution >= 0.6 is 0 Å². The van der Waals surface area contributed by atoms with E-state index in [1.807, 2.05) is 0 Å². The molecule has 0 fully saturated rings. The van der Waals surface area contributed by atoms with Crippen LogP contribution in [0.2, 0.25) is 0 Å². The van der Waals surface area contributed by atoms with Crippen molar-refractivity contribution < 1.29 is 19.8 Å². The molecular formula is C12H11N3O4. The van der Waals surface area contributed by atoms with Gasteiger partial charge in [-0.2, -0.15) is 0 Å². The molecule has 0 saturated heterocycles. The lowest BCUT2D eigenvalue weighted by molar-refractivity contribution is 0.0695. The van der Waals surface area contributed by atoms with Gasteiger partial charge in [0.2, 0.25) is 0 Å². The van der Waals surface area contributed by atoms with Crippen molar-refractivity contribution in [1.82, 2.24) is 0 Å². The largest absolute Gasteiger partial charge is 0.478 e. The van der Waals surface area contributed by atoms with E-state index < -0.39 is 11.9 Å². The predicted octanol–water partition coefficient (Wildman–Crippen LogP) is 2.80. The molecule has 7 heteroatoms. The van der Waals surface area contributed by atoms with E-state index in [2.05, 4.69) is 10.0 Å². The average Bonchev–Trinajstić information content (AvgIpc) is 2.38. The summed E-state index contributed by atoms with van der Waals surface area (Å²) in [6.45, 7) is 0.280. The Balaban J connectivity index is 2.97. The van der Waals surface area contributed by atoms with Crippen LogP contribution in [0.4, 0.5) is 0 Å². The summed E-state index contributed by atoms with van der Waals surface area (Å²) in [5.41, 5.74) is 8.32. The van der Waals surface area contributed by atoms with Gasteiger partial charge in [-0.3, -0.25) is 0 Å². The Morgan fingerprint density at radius 2 is 2.05 bits per heavy atom. The molecule has 0 aliphatic rings. The van der Waals surface area contributed by atoms with Gasteiger partial charge < -0.3 is 10.2 Å². The number of rotatable bonds is 6. The smallest absolute Gasteiger partial charge is 0.336 e. The van der Waals surface area contributed by atoms with E-state index in [9.17, 15) is 9.59 Å². The van der Waals surface area contributed by atoms with Crippen LogP contribution in [0.15, 0.2) is 29.4 Å². The molecule has 0 aromatic heterocycles. The second kappa shape index (κ2) is 6.83. The van der Waals surface area contributed by atoms with Gasteiger partial charge in [-0.1, -0.05) is 23.3 Å². The molecule has 0 radical (unpaired) electrons. The van der Waals surface area contributed by atoms with E-state index in [0.717, 1.165) is 6.07 Å². The number of carboxylic acids is 2. The maximum Gasteiger partial charge on any atom is 0.336 e. The maximum atomic E-state index is 11.0. The summed E-state index contributed by atoms with van der Waals surface area (Å²) in [5.74, 6) is -2.38. The molecule has 0 bridgehead atoms. The minimum atomic E-state index is -1.20. The number of hydrogen-bond donors (Lipinski definition) is 2. The molecule has 0 heterocycles. The molecule has 1 aromatic carbocycles. The third-order valence-corrected chi connectivity index (χ3v) is 2.29. The molecule has 0 saturated carbocycles. The van der Waals surface area contributed by atoms with E-state index in [4.69, 9.17) is 15.7 Å². The summed E-state index contributed by atoms with van der Waals surface area (Å²) < 4.78 is 0. The minimum absolute atomic E-state index is 0.0800. The Bertz CT molecular complexity index is 574. The molecule has 0 amide bonds. The van der Waals surface area contributed by atoms with Crippen molar-refractivity contribution in [2.75, 3.05) is 6.54 Å². The monoisotopic (exact) mass is 261 g/mol. The molecule has 1 rings (SSSR count). The van der Waals surface area contributed by atoms with Crippen molar-refractivity contribution in [3.8, 4) is 0 Å². The Labute approximate surface area is 108 Å². The van der Waals surface area contributed by atoms with Gasteiger partial charge in [0.1, 0.15) is 0 Å². The Morgan fingerprint density at radius 1 is 1.32 bits per heavy atom. The fourth-order valence-electron chi connectivity index (χ4n) is 1.41. The van der Waals surface area contributed by atoms with Crippen LogP contribution < -0.4 is 0 Å². The lowest BCUT2D eigenvalue weighted by Gasteiger charge is -2.02. The van der Waals surface area contributed by atoms with E-state index in [1.54, 1.807) is 12.2 Å². The van der Waals surface area contributed by atoms with E-state index >= 15 is 0 Å². The van der Waals surface area contributed by atoms with Crippen molar-refractivity contribution >= 4 is 18.0 Å². The number of benzene rings is 1. The second-order valence-electron chi connectivity index (χ2n) is 3.56. The standard InChI is InChI=1S/C12H11N3O4/c13-15-14-6-2-1-3-8-4-5-9(11(16)17)7-10(8)12(18)19/h1,3-5,7H,2,6H2,(H,16,17)(H,18,19). The zero-order valence-electron chi connectivity index (χ0n) is 9.85. The predicted molar refractivity (Wildman–Crippen MR) is 68.0 cm³/mol. The van der Waals surface area contributed by atoms with Gasteiger partial charge in [0.25, 0.3) is 0 Å². The summed E-state index contributed by atoms with van der Waals surface area (Å²) in [5, 5.41) is 21.2. The average molecular weight is 261 g/mol. The third-order valence-electron chi connectivity index (χ3n) is 2.29. The fourth-order valence-corrected chi connectivity index (χ4v) is 1.41. The highest BCUT2D eigenvalue weighted by molar-refractivity contribution is 5.96. The summed E-state index contributed by atoms with van der Waals surface area (Å²) in [6.07, 6.45) is 3.70. The van der Waals surface area contributed by atoms with Crippen molar-refractivity contribution in [2.24, 2.45) is 5.11 Å². The number of azide groups is 1. The van der Waals surface area contributed by atoms with Gasteiger partial charge in [-0.25, -0.2) is 9.59 Å². The van der Waals surface area contributed by atoms with Crippen LogP contribution in [0.5, 0.6) is 0 Å². The van der Waals surface area contributed by atoms with Gasteiger partial charge in [-0.15, -0.1) is 0 Å². The highest BCUT2D eigenvalue weighted by Gasteiger charge is 2.12. The molecule has 7 nitrogen and oxygen atoms in total. The molecule has 0 spiro atoms. The van der Waals surface area contributed by atoms with Crippen LogP contribution in [0.25, 0.3) is 16.5 Å². The van der Waals surface area contributed by atoms with Crippen molar-refractivity contribution in [3.05, 3.63) is 51.4 Å². The fraction of sp³-hybridized carbons (Fsp3) is 0.167. The van der Waals surface area contributed by atoms with Gasteiger partial charge in [-0.05, 0) is 29.6 Å². The lowest BCUT2D eigenvalue weighted by Crippen LogP contribution is -2.04. The van der Waals surface area contributed by atoms with Gasteiger partial charge in [0.15, 0.2) is 0 Å². The highest BCUT2D eigenvalue weighted by Crippen LogP contribution is 2.14. The van der Waals surface area contributed by atoms with Crippen molar-refractivity contribution in [2.45, 2.75) is 6.42 Å². The zero-order valence-corrected chi connectivity index (χ0v) is 9.85. The number of carbonyl (C=O) groups is 2. The molecule has 2 N–H and O–H groups in total. The number of nitrogens with zero attached hydrogens (tertiary/aromatic N) is 3. The maximum absolute atomic E-state index is 11.0. The lowest BCUT2D eigenvalue weighted by atomic mass is 10.0. The van der Waals surface area contributed by atoms with Gasteiger partial charge >= 0.3 is 11.9 Å². The summed E-state index contributed by atoms with van der Waals surface area (Å²) in [7, 11) is 0. The van der Waals surface area contributed by atoms with Crippen LogP contribution in [-0.4, -0.2) is 28.7 Å². The third kappa shape index (κ3) is 4.18. The number of aromatic carboxylic acids is 2. The minimum Gasteiger partial charge on any atom is -0.478 e. The first kappa shape index (κ1) is 14.3. The van der Waals surface area contributed by atoms with Crippen LogP contribution in [0.1, 0.15) is 32.7 Å². The first-order valence-corrected chi connectivity index (χ1v) is 5.34. The first-order chi connectivity index (χ1) is 9.06. The molecule has 1 aromatic rings. The van der Waals surface area contributed by atoms with Gasteiger partial charge in [0, 0.05) is 11.5 Å². The van der Waals surface area contributed by atoms with Crippen molar-refractivity contribution in [1.29, 1.82) is 0 Å². The Morgan fingerprint density at radius 3 is 2.63 bits per heavy atom.